The zero-order chi connectivity index (χ0) is 12.9. The molecular weight excluding hydrogens is 224 g/mol. The molecule has 0 aliphatic carbocycles. The highest BCUT2D eigenvalue weighted by molar-refractivity contribution is 6.33. The van der Waals surface area contributed by atoms with Crippen LogP contribution in [-0.4, -0.2) is 46.3 Å². The highest BCUT2D eigenvalue weighted by Gasteiger charge is 2.27. The van der Waals surface area contributed by atoms with Crippen LogP contribution in [0.5, 0.6) is 0 Å². The van der Waals surface area contributed by atoms with E-state index >= 15 is 0 Å². The Hall–Kier alpha value is -1.80. The van der Waals surface area contributed by atoms with Gasteiger partial charge in [-0.05, 0) is 13.8 Å². The van der Waals surface area contributed by atoms with E-state index in [-0.39, 0.29) is 0 Å². The van der Waals surface area contributed by atoms with Crippen LogP contribution in [0, 0.1) is 0 Å². The summed E-state index contributed by atoms with van der Waals surface area (Å²) in [6.07, 6.45) is -3.19. The zero-order valence-corrected chi connectivity index (χ0v) is 8.50. The Balaban J connectivity index is 4.26. The van der Waals surface area contributed by atoms with Crippen molar-refractivity contribution in [3.05, 3.63) is 0 Å². The first kappa shape index (κ1) is 14.2. The van der Waals surface area contributed by atoms with Gasteiger partial charge in [-0.3, -0.25) is 0 Å². The Morgan fingerprint density at radius 2 is 1.06 bits per heavy atom. The van der Waals surface area contributed by atoms with E-state index in [1.165, 1.54) is 0 Å². The van der Waals surface area contributed by atoms with E-state index < -0.39 is 36.1 Å². The van der Waals surface area contributed by atoms with Gasteiger partial charge in [0.2, 0.25) is 0 Å². The average Bonchev–Trinajstić information content (AvgIpc) is 2.16. The molecule has 0 heterocycles. The van der Waals surface area contributed by atoms with Crippen LogP contribution < -0.4 is 0 Å². The van der Waals surface area contributed by atoms with Gasteiger partial charge < -0.3 is 19.7 Å². The molecule has 2 N–H and O–H groups in total. The Labute approximate surface area is 89.8 Å². The third-order valence-corrected chi connectivity index (χ3v) is 1.24. The molecule has 0 aliphatic heterocycles. The third kappa shape index (κ3) is 4.62. The predicted octanol–water partition coefficient (Wildman–Crippen LogP) is -2.11. The van der Waals surface area contributed by atoms with Gasteiger partial charge in [0.1, 0.15) is 12.2 Å². The number of hydrogen-bond donors (Lipinski definition) is 2. The van der Waals surface area contributed by atoms with Crippen LogP contribution in [0.2, 0.25) is 0 Å². The van der Waals surface area contributed by atoms with Gasteiger partial charge in [-0.15, -0.1) is 0 Å². The summed E-state index contributed by atoms with van der Waals surface area (Å²) >= 11 is 0. The summed E-state index contributed by atoms with van der Waals surface area (Å²) in [6.45, 7) is 2.03. The van der Waals surface area contributed by atoms with E-state index in [2.05, 4.69) is 9.47 Å². The fraction of sp³-hybridized carbons (Fsp3) is 0.500. The van der Waals surface area contributed by atoms with Crippen LogP contribution in [-0.2, 0) is 28.7 Å². The lowest BCUT2D eigenvalue weighted by Gasteiger charge is -2.05. The van der Waals surface area contributed by atoms with Crippen LogP contribution in [0.4, 0.5) is 0 Å². The molecule has 90 valence electrons. The second-order valence-corrected chi connectivity index (χ2v) is 2.77. The molecule has 2 unspecified atom stereocenters. The number of aliphatic hydroxyl groups excluding tert-OH is 2. The Morgan fingerprint density at radius 1 is 0.812 bits per heavy atom. The van der Waals surface area contributed by atoms with Gasteiger partial charge in [0.05, 0.1) is 0 Å². The SMILES string of the molecule is CC(O)C(=O)OC(=O)C(=O)OC(=O)C(C)O. The fourth-order valence-electron chi connectivity index (χ4n) is 0.437. The van der Waals surface area contributed by atoms with Crippen LogP contribution in [0.3, 0.4) is 0 Å². The molecule has 0 fully saturated rings. The maximum absolute atomic E-state index is 10.8. The van der Waals surface area contributed by atoms with Crippen molar-refractivity contribution in [2.24, 2.45) is 0 Å². The van der Waals surface area contributed by atoms with Crippen molar-refractivity contribution in [1.29, 1.82) is 0 Å². The lowest BCUT2D eigenvalue weighted by atomic mass is 10.4. The molecule has 8 heteroatoms. The van der Waals surface area contributed by atoms with Crippen LogP contribution in [0.1, 0.15) is 13.8 Å². The van der Waals surface area contributed by atoms with Gasteiger partial charge in [0.15, 0.2) is 0 Å². The largest absolute Gasteiger partial charge is 0.425 e. The Bertz CT molecular complexity index is 284. The normalized spacial score (nSPS) is 13.5. The monoisotopic (exact) mass is 234 g/mol. The Kier molecular flexibility index (Phi) is 5.26. The standard InChI is InChI=1S/C8H10O8/c1-3(9)5(11)15-7(13)8(14)16-6(12)4(2)10/h3-4,9-10H,1-2H3. The number of carbonyl (C=O) groups excluding carboxylic acids is 4. The number of ether oxygens (including phenoxy) is 2. The Morgan fingerprint density at radius 3 is 1.25 bits per heavy atom. The van der Waals surface area contributed by atoms with E-state index in [9.17, 15) is 19.2 Å². The first-order chi connectivity index (χ1) is 7.25. The van der Waals surface area contributed by atoms with Crippen molar-refractivity contribution in [1.82, 2.24) is 0 Å². The lowest BCUT2D eigenvalue weighted by molar-refractivity contribution is -0.181. The molecule has 0 amide bonds. The second-order valence-electron chi connectivity index (χ2n) is 2.77. The molecular formula is C8H10O8. The molecule has 0 saturated carbocycles. The lowest BCUT2D eigenvalue weighted by Crippen LogP contribution is -2.32. The van der Waals surface area contributed by atoms with Crippen LogP contribution >= 0.6 is 0 Å². The van der Waals surface area contributed by atoms with Gasteiger partial charge in [0.25, 0.3) is 0 Å². The molecule has 16 heavy (non-hydrogen) atoms. The van der Waals surface area contributed by atoms with E-state index in [0.717, 1.165) is 13.8 Å². The molecule has 0 aromatic heterocycles. The highest BCUT2D eigenvalue weighted by Crippen LogP contribution is 1.93. The summed E-state index contributed by atoms with van der Waals surface area (Å²) < 4.78 is 7.64. The summed E-state index contributed by atoms with van der Waals surface area (Å²) in [5.41, 5.74) is 0. The molecule has 8 nitrogen and oxygen atoms in total. The maximum Gasteiger partial charge on any atom is 0.425 e. The predicted molar refractivity (Wildman–Crippen MR) is 45.6 cm³/mol. The molecule has 0 bridgehead atoms. The van der Waals surface area contributed by atoms with Gasteiger partial charge >= 0.3 is 23.9 Å². The molecule has 0 radical (unpaired) electrons. The van der Waals surface area contributed by atoms with Crippen molar-refractivity contribution >= 4 is 23.9 Å². The van der Waals surface area contributed by atoms with E-state index in [0.29, 0.717) is 0 Å². The van der Waals surface area contributed by atoms with Crippen molar-refractivity contribution in [3.8, 4) is 0 Å². The smallest absolute Gasteiger partial charge is 0.383 e. The third-order valence-electron chi connectivity index (χ3n) is 1.24. The highest BCUT2D eigenvalue weighted by atomic mass is 16.6. The van der Waals surface area contributed by atoms with E-state index in [1.54, 1.807) is 0 Å². The summed E-state index contributed by atoms with van der Waals surface area (Å²) in [4.78, 5) is 42.8. The average molecular weight is 234 g/mol. The van der Waals surface area contributed by atoms with Crippen molar-refractivity contribution in [2.75, 3.05) is 0 Å². The fourth-order valence-corrected chi connectivity index (χ4v) is 0.437. The number of carbonyl (C=O) groups is 4. The molecule has 0 aliphatic rings. The number of rotatable bonds is 2. The van der Waals surface area contributed by atoms with Crippen LogP contribution in [0.15, 0.2) is 0 Å². The first-order valence-electron chi connectivity index (χ1n) is 4.13. The van der Waals surface area contributed by atoms with Gasteiger partial charge in [0, 0.05) is 0 Å². The number of esters is 4. The van der Waals surface area contributed by atoms with Gasteiger partial charge in [-0.25, -0.2) is 19.2 Å². The van der Waals surface area contributed by atoms with Gasteiger partial charge in [-0.1, -0.05) is 0 Å². The molecule has 0 saturated heterocycles. The molecule has 0 aromatic rings. The minimum Gasteiger partial charge on any atom is -0.383 e. The topological polar surface area (TPSA) is 127 Å². The van der Waals surface area contributed by atoms with Crippen LogP contribution in [0.25, 0.3) is 0 Å². The van der Waals surface area contributed by atoms with Crippen molar-refractivity contribution in [2.45, 2.75) is 26.1 Å². The van der Waals surface area contributed by atoms with Gasteiger partial charge in [-0.2, -0.15) is 0 Å². The maximum atomic E-state index is 10.8. The minimum absolute atomic E-state index is 1.02. The molecule has 0 aromatic carbocycles. The second kappa shape index (κ2) is 5.93. The first-order valence-corrected chi connectivity index (χ1v) is 4.13. The number of aliphatic hydroxyl groups is 2. The van der Waals surface area contributed by atoms with E-state index in [4.69, 9.17) is 10.2 Å². The van der Waals surface area contributed by atoms with Crippen molar-refractivity contribution in [3.63, 3.8) is 0 Å². The molecule has 2 atom stereocenters. The summed E-state index contributed by atoms with van der Waals surface area (Å²) in [7, 11) is 0. The number of hydrogen-bond acceptors (Lipinski definition) is 8. The summed E-state index contributed by atoms with van der Waals surface area (Å²) in [5, 5.41) is 17.3. The quantitative estimate of drug-likeness (QED) is 0.315. The van der Waals surface area contributed by atoms with E-state index in [1.807, 2.05) is 0 Å². The molecule has 0 rings (SSSR count). The van der Waals surface area contributed by atoms with Crippen molar-refractivity contribution < 1.29 is 38.9 Å². The summed E-state index contributed by atoms with van der Waals surface area (Å²) in [5.74, 6) is -6.21. The minimum atomic E-state index is -1.75. The summed E-state index contributed by atoms with van der Waals surface area (Å²) in [6, 6.07) is 0. The molecule has 0 spiro atoms. The zero-order valence-electron chi connectivity index (χ0n) is 8.50.